The van der Waals surface area contributed by atoms with Gasteiger partial charge in [0, 0.05) is 6.54 Å². The molecule has 1 aromatic heterocycles. The van der Waals surface area contributed by atoms with Crippen molar-refractivity contribution in [2.75, 3.05) is 18.1 Å². The molecular weight excluding hydrogens is 334 g/mol. The number of aromatic nitrogens is 2. The first kappa shape index (κ1) is 14.8. The Hall–Kier alpha value is -1.10. The van der Waals surface area contributed by atoms with E-state index in [9.17, 15) is 16.8 Å². The van der Waals surface area contributed by atoms with Crippen molar-refractivity contribution < 1.29 is 16.8 Å². The minimum atomic E-state index is -3.72. The van der Waals surface area contributed by atoms with E-state index in [0.717, 1.165) is 11.7 Å². The normalized spacial score (nSPS) is 21.8. The molecule has 1 unspecified atom stereocenters. The first-order chi connectivity index (χ1) is 9.87. The van der Waals surface area contributed by atoms with Crippen molar-refractivity contribution in [1.82, 2.24) is 13.5 Å². The van der Waals surface area contributed by atoms with E-state index in [0.29, 0.717) is 17.5 Å². The third kappa shape index (κ3) is 3.07. The van der Waals surface area contributed by atoms with E-state index < -0.39 is 19.9 Å². The average Bonchev–Trinajstić information content (AvgIpc) is 3.02. The molecular formula is C11H13N3O4S3. The molecule has 1 atom stereocenters. The van der Waals surface area contributed by atoms with Crippen LogP contribution in [0, 0.1) is 5.92 Å². The standard InChI is InChI=1S/C11H13N3O4S3/c15-20(16)5-4-8(7-20)6-12-21(17,18)10-3-1-2-9-11(10)14-19-13-9/h1-3,8,12H,4-7H2. The molecule has 0 saturated carbocycles. The predicted octanol–water partition coefficient (Wildman–Crippen LogP) is 0.404. The van der Waals surface area contributed by atoms with E-state index in [1.807, 2.05) is 0 Å². The number of nitrogens with one attached hydrogen (secondary N) is 1. The quantitative estimate of drug-likeness (QED) is 0.858. The Morgan fingerprint density at radius 2 is 2.14 bits per heavy atom. The number of rotatable bonds is 4. The van der Waals surface area contributed by atoms with Crippen LogP contribution in [0.15, 0.2) is 23.1 Å². The minimum Gasteiger partial charge on any atom is -0.229 e. The molecule has 1 aliphatic heterocycles. The van der Waals surface area contributed by atoms with Crippen LogP contribution in [0.25, 0.3) is 11.0 Å². The molecule has 2 heterocycles. The minimum absolute atomic E-state index is 0.0397. The van der Waals surface area contributed by atoms with E-state index >= 15 is 0 Å². The summed E-state index contributed by atoms with van der Waals surface area (Å²) in [7, 11) is -6.73. The van der Waals surface area contributed by atoms with Gasteiger partial charge in [-0.2, -0.15) is 8.75 Å². The van der Waals surface area contributed by atoms with Gasteiger partial charge in [0.2, 0.25) is 10.0 Å². The SMILES string of the molecule is O=S1(=O)CCC(CNS(=O)(=O)c2cccc3nsnc23)C1. The summed E-state index contributed by atoms with van der Waals surface area (Å²) in [4.78, 5) is 0.0783. The van der Waals surface area contributed by atoms with Gasteiger partial charge in [0.05, 0.1) is 23.2 Å². The largest absolute Gasteiger partial charge is 0.242 e. The molecule has 1 fully saturated rings. The number of nitrogens with zero attached hydrogens (tertiary/aromatic N) is 2. The lowest BCUT2D eigenvalue weighted by Crippen LogP contribution is -2.30. The van der Waals surface area contributed by atoms with Crippen LogP contribution in [0.2, 0.25) is 0 Å². The highest BCUT2D eigenvalue weighted by molar-refractivity contribution is 7.91. The van der Waals surface area contributed by atoms with Crippen molar-refractivity contribution in [2.45, 2.75) is 11.3 Å². The molecule has 1 aromatic carbocycles. The van der Waals surface area contributed by atoms with Crippen molar-refractivity contribution in [3.05, 3.63) is 18.2 Å². The van der Waals surface area contributed by atoms with Crippen molar-refractivity contribution >= 4 is 42.6 Å². The van der Waals surface area contributed by atoms with Gasteiger partial charge in [0.25, 0.3) is 0 Å². The van der Waals surface area contributed by atoms with Gasteiger partial charge in [-0.25, -0.2) is 21.6 Å². The molecule has 1 aliphatic rings. The lowest BCUT2D eigenvalue weighted by atomic mass is 10.1. The van der Waals surface area contributed by atoms with E-state index in [4.69, 9.17) is 0 Å². The molecule has 1 saturated heterocycles. The fraction of sp³-hybridized carbons (Fsp3) is 0.455. The topological polar surface area (TPSA) is 106 Å². The number of sulfonamides is 1. The summed E-state index contributed by atoms with van der Waals surface area (Å²) in [5, 5.41) is 0. The third-order valence-corrected chi connectivity index (χ3v) is 7.26. The fourth-order valence-corrected chi connectivity index (χ4v) is 6.08. The second-order valence-corrected chi connectivity index (χ2v) is 9.50. The monoisotopic (exact) mass is 347 g/mol. The van der Waals surface area contributed by atoms with Gasteiger partial charge in [-0.3, -0.25) is 0 Å². The van der Waals surface area contributed by atoms with Crippen molar-refractivity contribution in [3.63, 3.8) is 0 Å². The van der Waals surface area contributed by atoms with Crippen molar-refractivity contribution in [1.29, 1.82) is 0 Å². The number of benzene rings is 1. The molecule has 2 aromatic rings. The Labute approximate surface area is 126 Å². The maximum atomic E-state index is 12.3. The molecule has 3 rings (SSSR count). The van der Waals surface area contributed by atoms with Crippen LogP contribution < -0.4 is 4.72 Å². The second kappa shape index (κ2) is 5.27. The zero-order valence-corrected chi connectivity index (χ0v) is 13.3. The zero-order valence-electron chi connectivity index (χ0n) is 10.9. The van der Waals surface area contributed by atoms with E-state index in [-0.39, 0.29) is 28.9 Å². The van der Waals surface area contributed by atoms with E-state index in [1.165, 1.54) is 6.07 Å². The van der Waals surface area contributed by atoms with Crippen LogP contribution in [0.3, 0.4) is 0 Å². The summed E-state index contributed by atoms with van der Waals surface area (Å²) in [5.74, 6) is 0.000656. The Balaban J connectivity index is 1.80. The zero-order chi connectivity index (χ0) is 15.1. The first-order valence-corrected chi connectivity index (χ1v) is 10.3. The van der Waals surface area contributed by atoms with Crippen molar-refractivity contribution in [2.24, 2.45) is 5.92 Å². The molecule has 1 N–H and O–H groups in total. The van der Waals surface area contributed by atoms with E-state index in [2.05, 4.69) is 13.5 Å². The first-order valence-electron chi connectivity index (χ1n) is 6.29. The Bertz CT molecular complexity index is 873. The van der Waals surface area contributed by atoms with Gasteiger partial charge >= 0.3 is 0 Å². The molecule has 0 radical (unpaired) electrons. The van der Waals surface area contributed by atoms with Gasteiger partial charge in [0.15, 0.2) is 9.84 Å². The number of hydrogen-bond acceptors (Lipinski definition) is 7. The maximum Gasteiger partial charge on any atom is 0.242 e. The molecule has 0 spiro atoms. The van der Waals surface area contributed by atoms with Crippen molar-refractivity contribution in [3.8, 4) is 0 Å². The number of hydrogen-bond donors (Lipinski definition) is 1. The smallest absolute Gasteiger partial charge is 0.229 e. The lowest BCUT2D eigenvalue weighted by molar-refractivity contribution is 0.543. The maximum absolute atomic E-state index is 12.3. The summed E-state index contributed by atoms with van der Waals surface area (Å²) < 4.78 is 57.9. The van der Waals surface area contributed by atoms with Crippen LogP contribution >= 0.6 is 11.7 Å². The fourth-order valence-electron chi connectivity index (χ4n) is 2.34. The Morgan fingerprint density at radius 1 is 1.33 bits per heavy atom. The molecule has 0 bridgehead atoms. The molecule has 114 valence electrons. The van der Waals surface area contributed by atoms with Gasteiger partial charge in [-0.1, -0.05) is 6.07 Å². The molecule has 21 heavy (non-hydrogen) atoms. The molecule has 0 aliphatic carbocycles. The van der Waals surface area contributed by atoms with Crippen LogP contribution in [-0.4, -0.2) is 43.6 Å². The van der Waals surface area contributed by atoms with Crippen LogP contribution in [0.4, 0.5) is 0 Å². The van der Waals surface area contributed by atoms with E-state index in [1.54, 1.807) is 12.1 Å². The summed E-state index contributed by atoms with van der Waals surface area (Å²) in [6.07, 6.45) is 0.493. The van der Waals surface area contributed by atoms with Crippen LogP contribution in [-0.2, 0) is 19.9 Å². The van der Waals surface area contributed by atoms with Gasteiger partial charge in [-0.05, 0) is 24.5 Å². The highest BCUT2D eigenvalue weighted by Gasteiger charge is 2.29. The predicted molar refractivity (Wildman–Crippen MR) is 79.4 cm³/mol. The summed E-state index contributed by atoms with van der Waals surface area (Å²) in [6.45, 7) is 0.121. The summed E-state index contributed by atoms with van der Waals surface area (Å²) in [5.41, 5.74) is 0.875. The second-order valence-electron chi connectivity index (χ2n) is 5.01. The van der Waals surface area contributed by atoms with Gasteiger partial charge < -0.3 is 0 Å². The average molecular weight is 347 g/mol. The number of fused-ring (bicyclic) bond motifs is 1. The van der Waals surface area contributed by atoms with Crippen LogP contribution in [0.1, 0.15) is 6.42 Å². The number of sulfone groups is 1. The van der Waals surface area contributed by atoms with Crippen LogP contribution in [0.5, 0.6) is 0 Å². The highest BCUT2D eigenvalue weighted by Crippen LogP contribution is 2.22. The Morgan fingerprint density at radius 3 is 2.86 bits per heavy atom. The highest BCUT2D eigenvalue weighted by atomic mass is 32.2. The molecule has 0 amide bonds. The van der Waals surface area contributed by atoms with Gasteiger partial charge in [0.1, 0.15) is 15.9 Å². The Kier molecular flexibility index (Phi) is 3.72. The summed E-state index contributed by atoms with van der Waals surface area (Å²) in [6, 6.07) is 4.77. The lowest BCUT2D eigenvalue weighted by Gasteiger charge is -2.10. The summed E-state index contributed by atoms with van der Waals surface area (Å²) >= 11 is 0.955. The molecule has 10 heteroatoms. The third-order valence-electron chi connectivity index (χ3n) is 3.43. The molecule has 7 nitrogen and oxygen atoms in total. The van der Waals surface area contributed by atoms with Gasteiger partial charge in [-0.15, -0.1) is 0 Å².